The molecule has 1 unspecified atom stereocenters. The average molecular weight is 269 g/mol. The van der Waals surface area contributed by atoms with Crippen molar-refractivity contribution in [2.24, 2.45) is 5.73 Å². The molecule has 1 atom stereocenters. The highest BCUT2D eigenvalue weighted by Crippen LogP contribution is 2.27. The molecule has 2 N–H and O–H groups in total. The summed E-state index contributed by atoms with van der Waals surface area (Å²) in [4.78, 5) is 11.7. The molecule has 0 fully saturated rings. The highest BCUT2D eigenvalue weighted by molar-refractivity contribution is 5.71. The number of hydrogen-bond acceptors (Lipinski definition) is 3. The summed E-state index contributed by atoms with van der Waals surface area (Å²) in [5.74, 6) is -0.299. The summed E-state index contributed by atoms with van der Waals surface area (Å²) in [6, 6.07) is 19.6. The molecule has 20 heavy (non-hydrogen) atoms. The SMILES string of the molecule is COC(=O)CC(N)(Cc1ccccc1)c1ccccc1. The summed E-state index contributed by atoms with van der Waals surface area (Å²) in [6.45, 7) is 0. The lowest BCUT2D eigenvalue weighted by Crippen LogP contribution is -2.41. The van der Waals surface area contributed by atoms with Crippen LogP contribution < -0.4 is 5.73 Å². The first-order valence-corrected chi connectivity index (χ1v) is 6.59. The monoisotopic (exact) mass is 269 g/mol. The van der Waals surface area contributed by atoms with E-state index in [9.17, 15) is 4.79 Å². The second-order valence-corrected chi connectivity index (χ2v) is 4.94. The molecule has 0 spiro atoms. The van der Waals surface area contributed by atoms with Gasteiger partial charge in [-0.05, 0) is 17.5 Å². The standard InChI is InChI=1S/C17H19NO2/c1-20-16(19)13-17(18,15-10-6-3-7-11-15)12-14-8-4-2-5-9-14/h2-11H,12-13,18H2,1H3. The molecule has 0 heterocycles. The fraction of sp³-hybridized carbons (Fsp3) is 0.235. The minimum absolute atomic E-state index is 0.155. The van der Waals surface area contributed by atoms with Gasteiger partial charge in [-0.25, -0.2) is 0 Å². The van der Waals surface area contributed by atoms with Gasteiger partial charge in [-0.15, -0.1) is 0 Å². The van der Waals surface area contributed by atoms with Gasteiger partial charge >= 0.3 is 5.97 Å². The zero-order valence-electron chi connectivity index (χ0n) is 11.6. The normalized spacial score (nSPS) is 13.5. The van der Waals surface area contributed by atoms with Crippen LogP contribution in [-0.4, -0.2) is 13.1 Å². The predicted molar refractivity (Wildman–Crippen MR) is 79.1 cm³/mol. The van der Waals surface area contributed by atoms with E-state index < -0.39 is 5.54 Å². The number of methoxy groups -OCH3 is 1. The molecule has 0 radical (unpaired) electrons. The van der Waals surface area contributed by atoms with E-state index in [4.69, 9.17) is 10.5 Å². The quantitative estimate of drug-likeness (QED) is 0.849. The Bertz CT molecular complexity index is 554. The summed E-state index contributed by atoms with van der Waals surface area (Å²) < 4.78 is 4.79. The number of benzene rings is 2. The van der Waals surface area contributed by atoms with Crippen LogP contribution in [0.5, 0.6) is 0 Å². The third kappa shape index (κ3) is 3.45. The van der Waals surface area contributed by atoms with Crippen LogP contribution in [-0.2, 0) is 21.5 Å². The molecule has 0 aliphatic heterocycles. The van der Waals surface area contributed by atoms with E-state index in [-0.39, 0.29) is 12.4 Å². The van der Waals surface area contributed by atoms with Crippen molar-refractivity contribution >= 4 is 5.97 Å². The molecular formula is C17H19NO2. The summed E-state index contributed by atoms with van der Waals surface area (Å²) in [6.07, 6.45) is 0.745. The third-order valence-electron chi connectivity index (χ3n) is 3.40. The molecule has 0 aliphatic carbocycles. The van der Waals surface area contributed by atoms with Gasteiger partial charge in [0.05, 0.1) is 19.1 Å². The van der Waals surface area contributed by atoms with Crippen molar-refractivity contribution in [3.05, 3.63) is 71.8 Å². The molecule has 0 saturated heterocycles. The Balaban J connectivity index is 2.31. The van der Waals surface area contributed by atoms with Crippen molar-refractivity contribution in [3.63, 3.8) is 0 Å². The fourth-order valence-corrected chi connectivity index (χ4v) is 2.33. The largest absolute Gasteiger partial charge is 0.469 e. The Morgan fingerprint density at radius 2 is 1.60 bits per heavy atom. The van der Waals surface area contributed by atoms with Crippen molar-refractivity contribution in [1.82, 2.24) is 0 Å². The molecule has 0 aromatic heterocycles. The molecule has 0 amide bonds. The van der Waals surface area contributed by atoms with E-state index in [0.29, 0.717) is 6.42 Å². The number of carbonyl (C=O) groups is 1. The molecule has 0 saturated carbocycles. The molecule has 2 aromatic rings. The van der Waals surface area contributed by atoms with E-state index in [0.717, 1.165) is 11.1 Å². The average Bonchev–Trinajstić information content (AvgIpc) is 2.49. The van der Waals surface area contributed by atoms with E-state index in [1.165, 1.54) is 7.11 Å². The van der Waals surface area contributed by atoms with Crippen LogP contribution in [0.4, 0.5) is 0 Å². The highest BCUT2D eigenvalue weighted by atomic mass is 16.5. The second kappa shape index (κ2) is 6.35. The van der Waals surface area contributed by atoms with Gasteiger partial charge in [0.25, 0.3) is 0 Å². The Hall–Kier alpha value is -2.13. The number of ether oxygens (including phenoxy) is 1. The van der Waals surface area contributed by atoms with E-state index in [2.05, 4.69) is 0 Å². The van der Waals surface area contributed by atoms with Crippen LogP contribution in [0.3, 0.4) is 0 Å². The van der Waals surface area contributed by atoms with Crippen LogP contribution >= 0.6 is 0 Å². The van der Waals surface area contributed by atoms with Gasteiger partial charge in [-0.3, -0.25) is 4.79 Å². The zero-order valence-corrected chi connectivity index (χ0v) is 11.6. The van der Waals surface area contributed by atoms with Crippen molar-refractivity contribution in [2.75, 3.05) is 7.11 Å². The maximum atomic E-state index is 11.7. The number of rotatable bonds is 5. The van der Waals surface area contributed by atoms with Gasteiger partial charge in [0, 0.05) is 0 Å². The Kier molecular flexibility index (Phi) is 4.53. The molecular weight excluding hydrogens is 250 g/mol. The van der Waals surface area contributed by atoms with E-state index in [1.54, 1.807) is 0 Å². The number of hydrogen-bond donors (Lipinski definition) is 1. The predicted octanol–water partition coefficient (Wildman–Crippen LogP) is 2.65. The summed E-state index contributed by atoms with van der Waals surface area (Å²) in [7, 11) is 1.39. The lowest BCUT2D eigenvalue weighted by Gasteiger charge is -2.29. The van der Waals surface area contributed by atoms with E-state index in [1.807, 2.05) is 60.7 Å². The van der Waals surface area contributed by atoms with Crippen molar-refractivity contribution in [1.29, 1.82) is 0 Å². The van der Waals surface area contributed by atoms with Gasteiger partial charge in [-0.1, -0.05) is 60.7 Å². The van der Waals surface area contributed by atoms with Gasteiger partial charge in [0.1, 0.15) is 0 Å². The molecule has 104 valence electrons. The fourth-order valence-electron chi connectivity index (χ4n) is 2.33. The van der Waals surface area contributed by atoms with Crippen LogP contribution in [0.1, 0.15) is 17.5 Å². The van der Waals surface area contributed by atoms with Crippen molar-refractivity contribution < 1.29 is 9.53 Å². The number of nitrogens with two attached hydrogens (primary N) is 1. The second-order valence-electron chi connectivity index (χ2n) is 4.94. The highest BCUT2D eigenvalue weighted by Gasteiger charge is 2.31. The van der Waals surface area contributed by atoms with Gasteiger partial charge < -0.3 is 10.5 Å². The van der Waals surface area contributed by atoms with Gasteiger partial charge in [0.2, 0.25) is 0 Å². The minimum Gasteiger partial charge on any atom is -0.469 e. The molecule has 2 rings (SSSR count). The summed E-state index contributed by atoms with van der Waals surface area (Å²) in [5.41, 5.74) is 7.81. The number of carbonyl (C=O) groups excluding carboxylic acids is 1. The van der Waals surface area contributed by atoms with Crippen molar-refractivity contribution in [2.45, 2.75) is 18.4 Å². The molecule has 2 aromatic carbocycles. The first kappa shape index (κ1) is 14.3. The first-order valence-electron chi connectivity index (χ1n) is 6.59. The summed E-state index contributed by atoms with van der Waals surface area (Å²) in [5, 5.41) is 0. The molecule has 0 aliphatic rings. The Morgan fingerprint density at radius 1 is 1.05 bits per heavy atom. The molecule has 0 bridgehead atoms. The maximum absolute atomic E-state index is 11.7. The smallest absolute Gasteiger partial charge is 0.307 e. The van der Waals surface area contributed by atoms with Crippen LogP contribution in [0, 0.1) is 0 Å². The molecule has 3 nitrogen and oxygen atoms in total. The zero-order chi connectivity index (χ0) is 14.4. The van der Waals surface area contributed by atoms with Gasteiger partial charge in [-0.2, -0.15) is 0 Å². The Morgan fingerprint density at radius 3 is 2.15 bits per heavy atom. The maximum Gasteiger partial charge on any atom is 0.307 e. The van der Waals surface area contributed by atoms with Crippen LogP contribution in [0.25, 0.3) is 0 Å². The molecule has 3 heteroatoms. The summed E-state index contributed by atoms with van der Waals surface area (Å²) >= 11 is 0. The van der Waals surface area contributed by atoms with Gasteiger partial charge in [0.15, 0.2) is 0 Å². The first-order chi connectivity index (χ1) is 9.64. The third-order valence-corrected chi connectivity index (χ3v) is 3.40. The number of esters is 1. The van der Waals surface area contributed by atoms with Crippen LogP contribution in [0.15, 0.2) is 60.7 Å². The topological polar surface area (TPSA) is 52.3 Å². The van der Waals surface area contributed by atoms with E-state index >= 15 is 0 Å². The Labute approximate surface area is 119 Å². The lowest BCUT2D eigenvalue weighted by molar-refractivity contribution is -0.142. The van der Waals surface area contributed by atoms with Crippen LogP contribution in [0.2, 0.25) is 0 Å². The lowest BCUT2D eigenvalue weighted by atomic mass is 9.82. The minimum atomic E-state index is -0.754. The van der Waals surface area contributed by atoms with Crippen molar-refractivity contribution in [3.8, 4) is 0 Å².